The van der Waals surface area contributed by atoms with Crippen molar-refractivity contribution in [3.05, 3.63) is 34.6 Å². The number of aromatic nitrogens is 3. The Kier molecular flexibility index (Phi) is 5.24. The van der Waals surface area contributed by atoms with E-state index in [4.69, 9.17) is 9.26 Å². The van der Waals surface area contributed by atoms with Crippen molar-refractivity contribution in [2.45, 2.75) is 33.5 Å². The van der Waals surface area contributed by atoms with Crippen LogP contribution in [0.3, 0.4) is 0 Å². The molecule has 3 rings (SSSR count). The average molecular weight is 374 g/mol. The van der Waals surface area contributed by atoms with E-state index < -0.39 is 0 Å². The molecule has 10 heteroatoms. The third-order valence-corrected chi connectivity index (χ3v) is 4.30. The summed E-state index contributed by atoms with van der Waals surface area (Å²) >= 11 is 0. The van der Waals surface area contributed by atoms with Gasteiger partial charge in [0.05, 0.1) is 31.5 Å². The number of carbonyl (C=O) groups excluding carboxylic acids is 2. The zero-order chi connectivity index (χ0) is 19.6. The van der Waals surface area contributed by atoms with Crippen LogP contribution in [0.25, 0.3) is 0 Å². The SMILES string of the molecule is CCN1Cc2nc(OC)c(CNC(=O)N(C)Cc3noc(C)n3)cc2C1=O. The van der Waals surface area contributed by atoms with E-state index in [0.717, 1.165) is 0 Å². The number of hydrogen-bond acceptors (Lipinski definition) is 7. The van der Waals surface area contributed by atoms with Gasteiger partial charge in [-0.05, 0) is 13.0 Å². The van der Waals surface area contributed by atoms with Gasteiger partial charge >= 0.3 is 6.03 Å². The monoisotopic (exact) mass is 374 g/mol. The summed E-state index contributed by atoms with van der Waals surface area (Å²) < 4.78 is 10.2. The van der Waals surface area contributed by atoms with Crippen molar-refractivity contribution in [2.24, 2.45) is 0 Å². The van der Waals surface area contributed by atoms with E-state index in [1.165, 1.54) is 12.0 Å². The molecule has 10 nitrogen and oxygen atoms in total. The summed E-state index contributed by atoms with van der Waals surface area (Å²) in [5.41, 5.74) is 1.88. The number of carbonyl (C=O) groups is 2. The number of methoxy groups -OCH3 is 1. The summed E-state index contributed by atoms with van der Waals surface area (Å²) in [5, 5.41) is 6.55. The van der Waals surface area contributed by atoms with E-state index in [-0.39, 0.29) is 25.0 Å². The van der Waals surface area contributed by atoms with Gasteiger partial charge < -0.3 is 24.4 Å². The molecule has 0 saturated carbocycles. The number of pyridine rings is 1. The number of nitrogens with zero attached hydrogens (tertiary/aromatic N) is 5. The zero-order valence-corrected chi connectivity index (χ0v) is 15.8. The molecule has 0 atom stereocenters. The topological polar surface area (TPSA) is 114 Å². The maximum Gasteiger partial charge on any atom is 0.317 e. The van der Waals surface area contributed by atoms with E-state index in [9.17, 15) is 9.59 Å². The molecule has 0 saturated heterocycles. The van der Waals surface area contributed by atoms with Crippen LogP contribution in [0.15, 0.2) is 10.6 Å². The zero-order valence-electron chi connectivity index (χ0n) is 15.8. The molecule has 0 unspecified atom stereocenters. The molecule has 0 bridgehead atoms. The molecule has 0 radical (unpaired) electrons. The Morgan fingerprint density at radius 3 is 2.85 bits per heavy atom. The lowest BCUT2D eigenvalue weighted by Gasteiger charge is -2.17. The molecule has 2 aromatic rings. The largest absolute Gasteiger partial charge is 0.481 e. The first kappa shape index (κ1) is 18.6. The second-order valence-electron chi connectivity index (χ2n) is 6.21. The fourth-order valence-corrected chi connectivity index (χ4v) is 2.86. The van der Waals surface area contributed by atoms with Gasteiger partial charge in [0.2, 0.25) is 11.8 Å². The normalized spacial score (nSPS) is 12.9. The number of nitrogens with one attached hydrogen (secondary N) is 1. The van der Waals surface area contributed by atoms with Crippen LogP contribution >= 0.6 is 0 Å². The Bertz CT molecular complexity index is 865. The molecule has 144 valence electrons. The van der Waals surface area contributed by atoms with Crippen LogP contribution < -0.4 is 10.1 Å². The summed E-state index contributed by atoms with van der Waals surface area (Å²) in [6, 6.07) is 1.42. The van der Waals surface area contributed by atoms with Gasteiger partial charge in [0.25, 0.3) is 5.91 Å². The number of hydrogen-bond donors (Lipinski definition) is 1. The molecule has 1 N–H and O–H groups in total. The standard InChI is InChI=1S/C17H22N6O4/c1-5-23-8-13-12(16(23)24)6-11(15(20-13)26-4)7-18-17(25)22(3)9-14-19-10(2)27-21-14/h6H,5,7-9H2,1-4H3,(H,18,25). The minimum absolute atomic E-state index is 0.0557. The number of urea groups is 1. The van der Waals surface area contributed by atoms with E-state index in [1.807, 2.05) is 6.92 Å². The van der Waals surface area contributed by atoms with Crippen molar-refractivity contribution in [3.8, 4) is 5.88 Å². The summed E-state index contributed by atoms with van der Waals surface area (Å²) in [4.78, 5) is 36.3. The van der Waals surface area contributed by atoms with Crippen molar-refractivity contribution in [3.63, 3.8) is 0 Å². The third kappa shape index (κ3) is 3.83. The van der Waals surface area contributed by atoms with Crippen LogP contribution in [0.1, 0.15) is 40.3 Å². The molecule has 0 aliphatic carbocycles. The Morgan fingerprint density at radius 1 is 1.44 bits per heavy atom. The fourth-order valence-electron chi connectivity index (χ4n) is 2.86. The van der Waals surface area contributed by atoms with Crippen LogP contribution in [-0.2, 0) is 19.6 Å². The number of ether oxygens (including phenoxy) is 1. The lowest BCUT2D eigenvalue weighted by atomic mass is 10.1. The lowest BCUT2D eigenvalue weighted by molar-refractivity contribution is 0.0786. The highest BCUT2D eigenvalue weighted by atomic mass is 16.5. The fraction of sp³-hybridized carbons (Fsp3) is 0.471. The molecule has 0 fully saturated rings. The molecule has 27 heavy (non-hydrogen) atoms. The van der Waals surface area contributed by atoms with Crippen molar-refractivity contribution in [2.75, 3.05) is 20.7 Å². The second kappa shape index (κ2) is 7.60. The quantitative estimate of drug-likeness (QED) is 0.805. The molecule has 3 heterocycles. The Balaban J connectivity index is 1.67. The predicted molar refractivity (Wildman–Crippen MR) is 93.9 cm³/mol. The Hall–Kier alpha value is -3.17. The van der Waals surface area contributed by atoms with Crippen LogP contribution in [0.4, 0.5) is 4.79 Å². The van der Waals surface area contributed by atoms with Gasteiger partial charge in [-0.25, -0.2) is 9.78 Å². The highest BCUT2D eigenvalue weighted by Gasteiger charge is 2.29. The molecule has 0 aromatic carbocycles. The minimum Gasteiger partial charge on any atom is -0.481 e. The van der Waals surface area contributed by atoms with Crippen molar-refractivity contribution < 1.29 is 18.8 Å². The van der Waals surface area contributed by atoms with Crippen molar-refractivity contribution >= 4 is 11.9 Å². The van der Waals surface area contributed by atoms with Crippen molar-refractivity contribution in [1.82, 2.24) is 30.2 Å². The highest BCUT2D eigenvalue weighted by Crippen LogP contribution is 2.26. The smallest absolute Gasteiger partial charge is 0.317 e. The van der Waals surface area contributed by atoms with Gasteiger partial charge in [-0.1, -0.05) is 5.16 Å². The lowest BCUT2D eigenvalue weighted by Crippen LogP contribution is -2.36. The van der Waals surface area contributed by atoms with Crippen LogP contribution in [-0.4, -0.2) is 57.6 Å². The van der Waals surface area contributed by atoms with Gasteiger partial charge in [-0.2, -0.15) is 4.98 Å². The van der Waals surface area contributed by atoms with E-state index >= 15 is 0 Å². The Labute approximate surface area is 156 Å². The average Bonchev–Trinajstić information content (AvgIpc) is 3.21. The maximum atomic E-state index is 12.4. The first-order valence-electron chi connectivity index (χ1n) is 8.57. The number of aryl methyl sites for hydroxylation is 1. The number of rotatable bonds is 6. The van der Waals surface area contributed by atoms with E-state index in [1.54, 1.807) is 24.9 Å². The molecule has 1 aliphatic heterocycles. The maximum absolute atomic E-state index is 12.4. The highest BCUT2D eigenvalue weighted by molar-refractivity contribution is 5.98. The summed E-state index contributed by atoms with van der Waals surface area (Å²) in [6.45, 7) is 5.09. The first-order valence-corrected chi connectivity index (χ1v) is 8.57. The summed E-state index contributed by atoms with van der Waals surface area (Å²) in [5.74, 6) is 1.21. The molecule has 0 spiro atoms. The van der Waals surface area contributed by atoms with Gasteiger partial charge in [-0.3, -0.25) is 4.79 Å². The molecule has 1 aliphatic rings. The van der Waals surface area contributed by atoms with Gasteiger partial charge in [0, 0.05) is 32.6 Å². The van der Waals surface area contributed by atoms with Gasteiger partial charge in [-0.15, -0.1) is 0 Å². The van der Waals surface area contributed by atoms with Crippen LogP contribution in [0, 0.1) is 6.92 Å². The van der Waals surface area contributed by atoms with Crippen molar-refractivity contribution in [1.29, 1.82) is 0 Å². The van der Waals surface area contributed by atoms with Gasteiger partial charge in [0.1, 0.15) is 0 Å². The number of fused-ring (bicyclic) bond motifs is 1. The first-order chi connectivity index (χ1) is 12.9. The Morgan fingerprint density at radius 2 is 2.22 bits per heavy atom. The summed E-state index contributed by atoms with van der Waals surface area (Å²) in [7, 11) is 3.14. The molecular weight excluding hydrogens is 352 g/mol. The van der Waals surface area contributed by atoms with E-state index in [0.29, 0.717) is 47.5 Å². The molecular formula is C17H22N6O4. The van der Waals surface area contributed by atoms with E-state index in [2.05, 4.69) is 20.4 Å². The predicted octanol–water partition coefficient (Wildman–Crippen LogP) is 1.10. The van der Waals surface area contributed by atoms with Gasteiger partial charge in [0.15, 0.2) is 5.82 Å². The number of amides is 3. The minimum atomic E-state index is -0.318. The summed E-state index contributed by atoms with van der Waals surface area (Å²) in [6.07, 6.45) is 0. The van der Waals surface area contributed by atoms with Crippen LogP contribution in [0.2, 0.25) is 0 Å². The third-order valence-electron chi connectivity index (χ3n) is 4.30. The second-order valence-corrected chi connectivity index (χ2v) is 6.21. The molecule has 2 aromatic heterocycles. The van der Waals surface area contributed by atoms with Crippen LogP contribution in [0.5, 0.6) is 5.88 Å². The molecule has 3 amide bonds.